The molecule has 0 bridgehead atoms. The molecule has 2 aliphatic rings. The maximum atomic E-state index is 14.4. The number of anilines is 1. The Morgan fingerprint density at radius 2 is 2.07 bits per heavy atom. The van der Waals surface area contributed by atoms with E-state index >= 15 is 0 Å². The van der Waals surface area contributed by atoms with E-state index in [1.165, 1.54) is 16.9 Å². The fourth-order valence-electron chi connectivity index (χ4n) is 3.78. The van der Waals surface area contributed by atoms with E-state index in [0.717, 1.165) is 36.1 Å². The van der Waals surface area contributed by atoms with Crippen LogP contribution in [0.15, 0.2) is 30.9 Å². The Hall–Kier alpha value is -2.97. The molecular formula is C19H17F3N6. The summed E-state index contributed by atoms with van der Waals surface area (Å²) in [6, 6.07) is 1.13. The normalized spacial score (nSPS) is 18.9. The lowest BCUT2D eigenvalue weighted by Crippen LogP contribution is -2.44. The highest BCUT2D eigenvalue weighted by molar-refractivity contribution is 5.81. The fourth-order valence-corrected chi connectivity index (χ4v) is 3.78. The first-order chi connectivity index (χ1) is 13.5. The van der Waals surface area contributed by atoms with Crippen LogP contribution in [-0.4, -0.2) is 36.5 Å². The molecule has 1 saturated carbocycles. The van der Waals surface area contributed by atoms with Gasteiger partial charge in [0.05, 0.1) is 5.69 Å². The number of hydrogen-bond donors (Lipinski definition) is 1. The van der Waals surface area contributed by atoms with E-state index in [0.29, 0.717) is 11.5 Å². The van der Waals surface area contributed by atoms with Gasteiger partial charge < -0.3 is 5.32 Å². The summed E-state index contributed by atoms with van der Waals surface area (Å²) in [6.45, 7) is 0. The number of rotatable bonds is 3. The maximum absolute atomic E-state index is 14.4. The van der Waals surface area contributed by atoms with Crippen molar-refractivity contribution in [1.82, 2.24) is 24.6 Å². The van der Waals surface area contributed by atoms with Crippen molar-refractivity contribution in [2.75, 3.05) is 5.32 Å². The molecule has 3 aromatic rings. The third-order valence-corrected chi connectivity index (χ3v) is 5.19. The molecule has 3 heterocycles. The molecule has 28 heavy (non-hydrogen) atoms. The smallest absolute Gasteiger partial charge is 0.252 e. The van der Waals surface area contributed by atoms with E-state index in [4.69, 9.17) is 0 Å². The van der Waals surface area contributed by atoms with Gasteiger partial charge in [0, 0.05) is 42.4 Å². The van der Waals surface area contributed by atoms with Gasteiger partial charge >= 0.3 is 0 Å². The van der Waals surface area contributed by atoms with E-state index < -0.39 is 11.7 Å². The van der Waals surface area contributed by atoms with E-state index in [1.54, 1.807) is 12.4 Å². The fraction of sp³-hybridized carbons (Fsp3) is 0.368. The predicted molar refractivity (Wildman–Crippen MR) is 96.6 cm³/mol. The van der Waals surface area contributed by atoms with Gasteiger partial charge in [0.1, 0.15) is 6.33 Å². The molecule has 3 aromatic heterocycles. The molecule has 9 heteroatoms. The predicted octanol–water partition coefficient (Wildman–Crippen LogP) is 3.64. The summed E-state index contributed by atoms with van der Waals surface area (Å²) < 4.78 is 41.9. The van der Waals surface area contributed by atoms with Gasteiger partial charge in [-0.25, -0.2) is 32.6 Å². The molecule has 1 fully saturated rings. The summed E-state index contributed by atoms with van der Waals surface area (Å²) in [7, 11) is 0. The standard InChI is InChI=1S/C19H17F3N6/c20-15-5-11(9-28-17(15)24-10-25-28)13-3-1-2-4-16-14(13)8-23-18(27-16)26-12-6-19(21,22)7-12/h3,5,8-10,12H,1-2,4,6-7H2,(H,23,26,27). The van der Waals surface area contributed by atoms with Crippen LogP contribution < -0.4 is 5.32 Å². The maximum Gasteiger partial charge on any atom is 0.252 e. The monoisotopic (exact) mass is 386 g/mol. The van der Waals surface area contributed by atoms with E-state index in [2.05, 4.69) is 25.4 Å². The first-order valence-corrected chi connectivity index (χ1v) is 9.19. The van der Waals surface area contributed by atoms with Crippen LogP contribution >= 0.6 is 0 Å². The molecule has 0 spiro atoms. The van der Waals surface area contributed by atoms with Gasteiger partial charge in [0.2, 0.25) is 5.95 Å². The highest BCUT2D eigenvalue weighted by atomic mass is 19.3. The van der Waals surface area contributed by atoms with Crippen molar-refractivity contribution in [3.05, 3.63) is 53.5 Å². The minimum absolute atomic E-state index is 0.172. The molecule has 0 unspecified atom stereocenters. The van der Waals surface area contributed by atoms with Crippen LogP contribution in [0.3, 0.4) is 0 Å². The van der Waals surface area contributed by atoms with Crippen molar-refractivity contribution in [1.29, 1.82) is 0 Å². The van der Waals surface area contributed by atoms with E-state index in [1.807, 2.05) is 6.08 Å². The molecule has 1 N–H and O–H groups in total. The van der Waals surface area contributed by atoms with Crippen molar-refractivity contribution in [3.63, 3.8) is 0 Å². The Balaban J connectivity index is 1.48. The second-order valence-corrected chi connectivity index (χ2v) is 7.27. The molecule has 0 aliphatic heterocycles. The highest BCUT2D eigenvalue weighted by Crippen LogP contribution is 2.39. The first-order valence-electron chi connectivity index (χ1n) is 9.19. The van der Waals surface area contributed by atoms with Crippen LogP contribution in [-0.2, 0) is 6.42 Å². The van der Waals surface area contributed by atoms with Crippen LogP contribution in [0, 0.1) is 5.82 Å². The van der Waals surface area contributed by atoms with Gasteiger partial charge in [-0.3, -0.25) is 0 Å². The SMILES string of the molecule is Fc1cc(C2=CCCCc3nc(NC4CC(F)(F)C4)ncc32)cn2ncnc12. The van der Waals surface area contributed by atoms with Crippen molar-refractivity contribution >= 4 is 17.2 Å². The second-order valence-electron chi connectivity index (χ2n) is 7.27. The lowest BCUT2D eigenvalue weighted by Gasteiger charge is -2.35. The van der Waals surface area contributed by atoms with Gasteiger partial charge in [-0.15, -0.1) is 0 Å². The van der Waals surface area contributed by atoms with Crippen LogP contribution in [0.25, 0.3) is 11.2 Å². The number of nitrogens with one attached hydrogen (secondary N) is 1. The molecule has 5 rings (SSSR count). The number of nitrogens with zero attached hydrogens (tertiary/aromatic N) is 5. The zero-order valence-electron chi connectivity index (χ0n) is 14.9. The zero-order chi connectivity index (χ0) is 19.3. The number of alkyl halides is 2. The quantitative estimate of drug-likeness (QED) is 0.745. The molecule has 2 aliphatic carbocycles. The third kappa shape index (κ3) is 3.00. The number of pyridine rings is 1. The molecule has 0 radical (unpaired) electrons. The first kappa shape index (κ1) is 17.2. The molecule has 144 valence electrons. The van der Waals surface area contributed by atoms with Crippen molar-refractivity contribution in [3.8, 4) is 0 Å². The molecule has 0 atom stereocenters. The Morgan fingerprint density at radius 3 is 2.89 bits per heavy atom. The van der Waals surface area contributed by atoms with Gasteiger partial charge in [0.25, 0.3) is 5.92 Å². The van der Waals surface area contributed by atoms with Gasteiger partial charge in [-0.1, -0.05) is 6.08 Å². The summed E-state index contributed by atoms with van der Waals surface area (Å²) >= 11 is 0. The summed E-state index contributed by atoms with van der Waals surface area (Å²) in [5.41, 5.74) is 3.32. The summed E-state index contributed by atoms with van der Waals surface area (Å²) in [5, 5.41) is 7.01. The number of fused-ring (bicyclic) bond motifs is 2. The Morgan fingerprint density at radius 1 is 1.21 bits per heavy atom. The largest absolute Gasteiger partial charge is 0.351 e. The average molecular weight is 386 g/mol. The summed E-state index contributed by atoms with van der Waals surface area (Å²) in [4.78, 5) is 12.8. The minimum atomic E-state index is -2.59. The molecule has 0 saturated heterocycles. The van der Waals surface area contributed by atoms with Crippen molar-refractivity contribution in [2.45, 2.75) is 44.1 Å². The van der Waals surface area contributed by atoms with Crippen molar-refractivity contribution < 1.29 is 13.2 Å². The topological polar surface area (TPSA) is 68.0 Å². The van der Waals surface area contributed by atoms with Gasteiger partial charge in [-0.05, 0) is 30.9 Å². The molecular weight excluding hydrogens is 369 g/mol. The lowest BCUT2D eigenvalue weighted by atomic mass is 9.88. The lowest BCUT2D eigenvalue weighted by molar-refractivity contribution is -0.0794. The Bertz CT molecular complexity index is 1080. The average Bonchev–Trinajstić information content (AvgIpc) is 3.00. The molecule has 0 aromatic carbocycles. The van der Waals surface area contributed by atoms with Crippen LogP contribution in [0.4, 0.5) is 19.1 Å². The van der Waals surface area contributed by atoms with Crippen LogP contribution in [0.1, 0.15) is 42.5 Å². The number of aromatic nitrogens is 5. The van der Waals surface area contributed by atoms with Crippen LogP contribution in [0.2, 0.25) is 0 Å². The van der Waals surface area contributed by atoms with E-state index in [9.17, 15) is 13.2 Å². The summed E-state index contributed by atoms with van der Waals surface area (Å²) in [6.07, 6.45) is 8.82. The number of hydrogen-bond acceptors (Lipinski definition) is 5. The second kappa shape index (κ2) is 6.29. The van der Waals surface area contributed by atoms with Gasteiger partial charge in [0.15, 0.2) is 11.5 Å². The Kier molecular flexibility index (Phi) is 3.85. The highest BCUT2D eigenvalue weighted by Gasteiger charge is 2.45. The molecule has 6 nitrogen and oxygen atoms in total. The van der Waals surface area contributed by atoms with E-state index in [-0.39, 0.29) is 24.5 Å². The number of allylic oxidation sites excluding steroid dienone is 1. The minimum Gasteiger partial charge on any atom is -0.351 e. The van der Waals surface area contributed by atoms with Crippen molar-refractivity contribution in [2.24, 2.45) is 0 Å². The Labute approximate surface area is 158 Å². The third-order valence-electron chi connectivity index (χ3n) is 5.19. The van der Waals surface area contributed by atoms with Gasteiger partial charge in [-0.2, -0.15) is 5.10 Å². The zero-order valence-corrected chi connectivity index (χ0v) is 14.9. The number of halogens is 3. The van der Waals surface area contributed by atoms with Crippen LogP contribution in [0.5, 0.6) is 0 Å². The molecule has 0 amide bonds. The summed E-state index contributed by atoms with van der Waals surface area (Å²) in [5.74, 6) is -2.69. The number of aryl methyl sites for hydroxylation is 1.